The minimum absolute atomic E-state index is 0.0546. The third-order valence-corrected chi connectivity index (χ3v) is 20.1. The van der Waals surface area contributed by atoms with Gasteiger partial charge in [0.2, 0.25) is 41.4 Å². The molecule has 97 heavy (non-hydrogen) atoms. The van der Waals surface area contributed by atoms with Crippen molar-refractivity contribution in [1.82, 2.24) is 41.0 Å². The summed E-state index contributed by atoms with van der Waals surface area (Å²) >= 11 is 2.46. The first-order valence-corrected chi connectivity index (χ1v) is 36.2. The first kappa shape index (κ1) is 80.6. The molecule has 5 N–H and O–H groups in total. The Morgan fingerprint density at radius 3 is 2.27 bits per heavy atom. The molecule has 2 fully saturated rings. The molecule has 6 unspecified atom stereocenters. The number of Topliss-reactive ketones (excluding diaryl/α,β-unsaturated/α-hetero) is 1. The summed E-state index contributed by atoms with van der Waals surface area (Å²) in [6, 6.07) is 9.89. The monoisotopic (exact) mass is 1390 g/mol. The van der Waals surface area contributed by atoms with Gasteiger partial charge in [-0.1, -0.05) is 82.5 Å². The number of carbonyl (C=O) groups excluding carboxylic acids is 11. The number of amides is 8. The number of hydrogen-bond donors (Lipinski definition) is 5. The van der Waals surface area contributed by atoms with E-state index in [0.717, 1.165) is 58.7 Å². The molecule has 2 aliphatic rings. The SMILES string of the molecule is CCC(C)[C@H](CC(=O)C1CCCCN1C)C(=O)N(C)[C@H](C[C@@H](OC(=O)CCc1ccc(NC(=O)C(CCCCNC(=O)COCCOC)NC(=O)C(C)NC(=O)CCCN2C(=O)CC(SC)C2=O)c(C)c1)c1nc(C(=O)N[C@@H](Cc2ccc(C)cc2)CC(C)OC=O)cs1)C(C)C. The van der Waals surface area contributed by atoms with Crippen LogP contribution in [0.3, 0.4) is 0 Å². The number of hydrogen-bond acceptors (Lipinski definition) is 19. The van der Waals surface area contributed by atoms with Crippen molar-refractivity contribution in [2.24, 2.45) is 17.8 Å². The molecule has 0 aliphatic carbocycles. The summed E-state index contributed by atoms with van der Waals surface area (Å²) in [5.74, 6) is -4.54. The summed E-state index contributed by atoms with van der Waals surface area (Å²) in [5, 5.41) is 15.7. The maximum atomic E-state index is 14.9. The molecule has 3 heterocycles. The number of thiazole rings is 1. The van der Waals surface area contributed by atoms with Crippen LogP contribution in [0.1, 0.15) is 175 Å². The van der Waals surface area contributed by atoms with Gasteiger partial charge in [0, 0.05) is 94.8 Å². The lowest BCUT2D eigenvalue weighted by Gasteiger charge is -2.37. The van der Waals surface area contributed by atoms with Gasteiger partial charge >= 0.3 is 5.97 Å². The summed E-state index contributed by atoms with van der Waals surface area (Å²) in [4.78, 5) is 156. The molecule has 2 aliphatic heterocycles. The Balaban J connectivity index is 1.32. The lowest BCUT2D eigenvalue weighted by atomic mass is 9.83. The van der Waals surface area contributed by atoms with Crippen molar-refractivity contribution >= 4 is 94.3 Å². The number of likely N-dealkylation sites (N-methyl/N-ethyl adjacent to an activating group) is 1. The quantitative estimate of drug-likeness (QED) is 0.0159. The van der Waals surface area contributed by atoms with E-state index in [1.54, 1.807) is 49.6 Å². The third-order valence-electron chi connectivity index (χ3n) is 18.2. The number of thioether (sulfide) groups is 1. The van der Waals surface area contributed by atoms with Crippen LogP contribution in [0, 0.1) is 31.6 Å². The molecular formula is C71H105N9O15S2. The lowest BCUT2D eigenvalue weighted by molar-refractivity contribution is -0.152. The third kappa shape index (κ3) is 26.2. The number of unbranched alkanes of at least 4 members (excludes halogenated alkanes) is 1. The van der Waals surface area contributed by atoms with Crippen molar-refractivity contribution in [3.63, 3.8) is 0 Å². The van der Waals surface area contributed by atoms with Gasteiger partial charge < -0.3 is 50.4 Å². The van der Waals surface area contributed by atoms with E-state index in [4.69, 9.17) is 23.9 Å². The van der Waals surface area contributed by atoms with Crippen molar-refractivity contribution in [3.8, 4) is 0 Å². The Morgan fingerprint density at radius 2 is 1.61 bits per heavy atom. The topological polar surface area (TPSA) is 307 Å². The summed E-state index contributed by atoms with van der Waals surface area (Å²) in [6.07, 6.45) is 6.08. The molecule has 2 saturated heterocycles. The molecule has 5 rings (SSSR count). The van der Waals surface area contributed by atoms with Gasteiger partial charge in [-0.3, -0.25) is 62.5 Å². The van der Waals surface area contributed by atoms with Crippen LogP contribution in [0.5, 0.6) is 0 Å². The zero-order valence-electron chi connectivity index (χ0n) is 58.8. The van der Waals surface area contributed by atoms with E-state index < -0.39 is 77.1 Å². The number of ether oxygens (including phenoxy) is 4. The van der Waals surface area contributed by atoms with Crippen LogP contribution in [0.15, 0.2) is 47.8 Å². The summed E-state index contributed by atoms with van der Waals surface area (Å²) < 4.78 is 21.9. The number of rotatable bonds is 43. The number of imide groups is 1. The van der Waals surface area contributed by atoms with Crippen LogP contribution in [0.2, 0.25) is 0 Å². The molecule has 1 aromatic heterocycles. The number of likely N-dealkylation sites (tertiary alicyclic amines) is 2. The number of ketones is 1. The van der Waals surface area contributed by atoms with Gasteiger partial charge in [0.05, 0.1) is 24.5 Å². The maximum Gasteiger partial charge on any atom is 0.306 e. The second-order valence-corrected chi connectivity index (χ2v) is 28.1. The fourth-order valence-corrected chi connectivity index (χ4v) is 13.6. The van der Waals surface area contributed by atoms with E-state index in [1.807, 2.05) is 72.0 Å². The highest BCUT2D eigenvalue weighted by atomic mass is 32.2. The highest BCUT2D eigenvalue weighted by molar-refractivity contribution is 8.00. The Morgan fingerprint density at radius 1 is 0.876 bits per heavy atom. The fraction of sp³-hybridized carbons (Fsp3) is 0.634. The van der Waals surface area contributed by atoms with Crippen LogP contribution in [0.25, 0.3) is 0 Å². The predicted molar refractivity (Wildman–Crippen MR) is 372 cm³/mol. The number of benzene rings is 2. The highest BCUT2D eigenvalue weighted by Crippen LogP contribution is 2.34. The number of aromatic nitrogens is 1. The number of anilines is 1. The molecular weight excluding hydrogens is 1280 g/mol. The summed E-state index contributed by atoms with van der Waals surface area (Å²) in [5.41, 5.74) is 3.97. The fourth-order valence-electron chi connectivity index (χ4n) is 12.1. The van der Waals surface area contributed by atoms with Gasteiger partial charge in [-0.05, 0) is 134 Å². The largest absolute Gasteiger partial charge is 0.465 e. The molecule has 0 saturated carbocycles. The molecule has 536 valence electrons. The van der Waals surface area contributed by atoms with Gasteiger partial charge in [0.1, 0.15) is 35.5 Å². The van der Waals surface area contributed by atoms with Gasteiger partial charge in [-0.2, -0.15) is 11.8 Å². The minimum atomic E-state index is -1.08. The minimum Gasteiger partial charge on any atom is -0.465 e. The van der Waals surface area contributed by atoms with E-state index in [0.29, 0.717) is 61.4 Å². The molecule has 3 aromatic rings. The molecule has 24 nitrogen and oxygen atoms in total. The maximum absolute atomic E-state index is 14.9. The zero-order chi connectivity index (χ0) is 71.3. The van der Waals surface area contributed by atoms with Crippen LogP contribution in [-0.4, -0.2) is 194 Å². The Kier molecular flexibility index (Phi) is 34.3. The Bertz CT molecular complexity index is 3110. The normalized spacial score (nSPS) is 17.4. The number of piperidine rings is 1. The molecule has 10 atom stereocenters. The molecule has 8 amide bonds. The number of methoxy groups -OCH3 is 1. The summed E-state index contributed by atoms with van der Waals surface area (Å²) in [6.45, 7) is 17.0. The van der Waals surface area contributed by atoms with Crippen LogP contribution >= 0.6 is 23.1 Å². The van der Waals surface area contributed by atoms with Crippen LogP contribution < -0.4 is 26.6 Å². The van der Waals surface area contributed by atoms with Crippen LogP contribution in [0.4, 0.5) is 5.69 Å². The lowest BCUT2D eigenvalue weighted by Crippen LogP contribution is -2.51. The highest BCUT2D eigenvalue weighted by Gasteiger charge is 2.40. The van der Waals surface area contributed by atoms with E-state index in [9.17, 15) is 52.7 Å². The second kappa shape index (κ2) is 41.3. The van der Waals surface area contributed by atoms with E-state index in [2.05, 4.69) is 31.5 Å². The standard InChI is InChI=1S/C71H105N9O15S2/c1-13-46(5)53(38-59(82)57-20-15-17-31-78(57)9)70(90)79(10)58(44(2)3)39-60(69-77-56(42-97-69)68(89)74-52(36-48(7)94-43-81)37-51-24-22-45(4)23-25-51)95-65(86)29-27-50-26-28-54(47(6)35-50)75-67(88)55(19-14-16-30-72-63(84)41-93-34-33-92-11)76-66(87)49(8)73-62(83)21-18-32-80-64(85)40-61(96-12)71(80)91/h22-26,28,35,42-44,46,48-49,52-53,55,57-58,60-61H,13-21,27,29-34,36-41H2,1-12H3,(H,72,84)(H,73,83)(H,74,89)(H,75,88)(H,76,87)/t46?,48?,49?,52-,53+,55?,57?,58-,60-,61?/m1/s1. The van der Waals surface area contributed by atoms with E-state index in [1.165, 1.54) is 25.8 Å². The van der Waals surface area contributed by atoms with Crippen molar-refractivity contribution in [2.45, 2.75) is 206 Å². The number of aryl methyl sites for hydroxylation is 3. The van der Waals surface area contributed by atoms with Crippen molar-refractivity contribution in [2.75, 3.05) is 72.2 Å². The molecule has 0 bridgehead atoms. The first-order valence-electron chi connectivity index (χ1n) is 34.1. The molecule has 26 heteroatoms. The van der Waals surface area contributed by atoms with Gasteiger partial charge in [0.15, 0.2) is 11.9 Å². The molecule has 0 radical (unpaired) electrons. The number of carbonyl (C=O) groups is 11. The molecule has 0 spiro atoms. The van der Waals surface area contributed by atoms with E-state index >= 15 is 0 Å². The first-order chi connectivity index (χ1) is 46.3. The predicted octanol–water partition coefficient (Wildman–Crippen LogP) is 7.40. The number of nitrogens with one attached hydrogen (secondary N) is 5. The van der Waals surface area contributed by atoms with E-state index in [-0.39, 0.29) is 131 Å². The average molecular weight is 1390 g/mol. The average Bonchev–Trinajstić information content (AvgIpc) is 1.82. The summed E-state index contributed by atoms with van der Waals surface area (Å²) in [7, 11) is 5.23. The number of nitrogens with zero attached hydrogens (tertiary/aromatic N) is 4. The van der Waals surface area contributed by atoms with Crippen molar-refractivity contribution < 1.29 is 71.7 Å². The Hall–Kier alpha value is -7.13. The van der Waals surface area contributed by atoms with Gasteiger partial charge in [-0.15, -0.1) is 11.3 Å². The number of esters is 1. The Labute approximate surface area is 580 Å². The van der Waals surface area contributed by atoms with Gasteiger partial charge in [-0.25, -0.2) is 4.98 Å². The van der Waals surface area contributed by atoms with Crippen LogP contribution in [-0.2, 0) is 79.7 Å². The molecule has 2 aromatic carbocycles. The zero-order valence-corrected chi connectivity index (χ0v) is 60.5. The van der Waals surface area contributed by atoms with Crippen molar-refractivity contribution in [1.29, 1.82) is 0 Å². The second-order valence-electron chi connectivity index (χ2n) is 26.1. The van der Waals surface area contributed by atoms with Gasteiger partial charge in [0.25, 0.3) is 12.4 Å². The van der Waals surface area contributed by atoms with Crippen molar-refractivity contribution in [3.05, 3.63) is 80.8 Å². The smallest absolute Gasteiger partial charge is 0.306 e.